The predicted octanol–water partition coefficient (Wildman–Crippen LogP) is 2.98. The average Bonchev–Trinajstić information content (AvgIpc) is 2.46. The second-order valence-electron chi connectivity index (χ2n) is 5.67. The first-order chi connectivity index (χ1) is 10.0. The standard InChI is InChI=1S/C18H25NO2/c1-14(2)11-12-15(3)19-18(21)17-10-5-4-8-16(17)9-6-7-13-20/h4-5,8,10,14-15,20H,7,11-13H2,1-3H3,(H,19,21). The van der Waals surface area contributed by atoms with Crippen LogP contribution >= 0.6 is 0 Å². The van der Waals surface area contributed by atoms with Gasteiger partial charge >= 0.3 is 0 Å². The summed E-state index contributed by atoms with van der Waals surface area (Å²) in [5.41, 5.74) is 1.30. The minimum atomic E-state index is -0.0832. The van der Waals surface area contributed by atoms with Crippen LogP contribution in [0.1, 0.15) is 56.0 Å². The fourth-order valence-corrected chi connectivity index (χ4v) is 1.96. The second-order valence-corrected chi connectivity index (χ2v) is 5.67. The summed E-state index contributed by atoms with van der Waals surface area (Å²) in [6, 6.07) is 7.47. The third-order valence-electron chi connectivity index (χ3n) is 3.19. The molecule has 0 aromatic heterocycles. The van der Waals surface area contributed by atoms with Crippen LogP contribution in [-0.4, -0.2) is 23.7 Å². The Labute approximate surface area is 127 Å². The number of nitrogens with one attached hydrogen (secondary N) is 1. The van der Waals surface area contributed by atoms with Crippen molar-refractivity contribution in [3.8, 4) is 11.8 Å². The molecule has 3 nitrogen and oxygen atoms in total. The Morgan fingerprint density at radius 3 is 2.62 bits per heavy atom. The first kappa shape index (κ1) is 17.3. The molecule has 0 radical (unpaired) electrons. The molecule has 0 saturated carbocycles. The van der Waals surface area contributed by atoms with Gasteiger partial charge in [-0.3, -0.25) is 4.79 Å². The molecule has 0 spiro atoms. The smallest absolute Gasteiger partial charge is 0.252 e. The van der Waals surface area contributed by atoms with E-state index in [9.17, 15) is 4.79 Å². The van der Waals surface area contributed by atoms with Crippen LogP contribution < -0.4 is 5.32 Å². The molecule has 0 aliphatic heterocycles. The Morgan fingerprint density at radius 2 is 1.95 bits per heavy atom. The fraction of sp³-hybridized carbons (Fsp3) is 0.500. The van der Waals surface area contributed by atoms with E-state index in [0.717, 1.165) is 12.8 Å². The number of benzene rings is 1. The zero-order valence-electron chi connectivity index (χ0n) is 13.1. The molecule has 1 atom stereocenters. The molecule has 0 aliphatic rings. The van der Waals surface area contributed by atoms with Gasteiger partial charge in [0.15, 0.2) is 0 Å². The third-order valence-corrected chi connectivity index (χ3v) is 3.19. The van der Waals surface area contributed by atoms with Gasteiger partial charge in [0.05, 0.1) is 12.2 Å². The van der Waals surface area contributed by atoms with Gasteiger partial charge in [-0.2, -0.15) is 0 Å². The highest BCUT2D eigenvalue weighted by molar-refractivity contribution is 5.96. The lowest BCUT2D eigenvalue weighted by Gasteiger charge is -2.15. The number of aliphatic hydroxyl groups is 1. The molecule has 0 bridgehead atoms. The highest BCUT2D eigenvalue weighted by atomic mass is 16.2. The molecule has 3 heteroatoms. The van der Waals surface area contributed by atoms with Gasteiger partial charge in [0, 0.05) is 18.0 Å². The summed E-state index contributed by atoms with van der Waals surface area (Å²) in [5, 5.41) is 11.8. The van der Waals surface area contributed by atoms with Crippen LogP contribution in [0.4, 0.5) is 0 Å². The van der Waals surface area contributed by atoms with Crippen molar-refractivity contribution in [2.75, 3.05) is 6.61 Å². The number of carbonyl (C=O) groups excluding carboxylic acids is 1. The van der Waals surface area contributed by atoms with Crippen molar-refractivity contribution in [3.63, 3.8) is 0 Å². The average molecular weight is 287 g/mol. The third kappa shape index (κ3) is 6.46. The first-order valence-electron chi connectivity index (χ1n) is 7.54. The van der Waals surface area contributed by atoms with Crippen LogP contribution in [-0.2, 0) is 0 Å². The van der Waals surface area contributed by atoms with Gasteiger partial charge in [-0.15, -0.1) is 0 Å². The van der Waals surface area contributed by atoms with E-state index in [2.05, 4.69) is 31.0 Å². The van der Waals surface area contributed by atoms with Crippen LogP contribution in [0.3, 0.4) is 0 Å². The maximum Gasteiger partial charge on any atom is 0.252 e. The summed E-state index contributed by atoms with van der Waals surface area (Å²) in [6.07, 6.45) is 2.49. The lowest BCUT2D eigenvalue weighted by atomic mass is 10.0. The summed E-state index contributed by atoms with van der Waals surface area (Å²) in [7, 11) is 0. The largest absolute Gasteiger partial charge is 0.395 e. The lowest BCUT2D eigenvalue weighted by molar-refractivity contribution is 0.0937. The fourth-order valence-electron chi connectivity index (χ4n) is 1.96. The van der Waals surface area contributed by atoms with E-state index in [-0.39, 0.29) is 18.6 Å². The molecule has 0 heterocycles. The van der Waals surface area contributed by atoms with E-state index in [1.54, 1.807) is 6.07 Å². The van der Waals surface area contributed by atoms with E-state index < -0.39 is 0 Å². The van der Waals surface area contributed by atoms with Crippen LogP contribution in [0.2, 0.25) is 0 Å². The van der Waals surface area contributed by atoms with E-state index in [1.807, 2.05) is 25.1 Å². The van der Waals surface area contributed by atoms with Gasteiger partial charge < -0.3 is 10.4 Å². The lowest BCUT2D eigenvalue weighted by Crippen LogP contribution is -2.33. The molecule has 114 valence electrons. The molecule has 0 fully saturated rings. The van der Waals surface area contributed by atoms with Crippen LogP contribution in [0.5, 0.6) is 0 Å². The Hall–Kier alpha value is -1.79. The quantitative estimate of drug-likeness (QED) is 0.790. The van der Waals surface area contributed by atoms with Crippen LogP contribution in [0.25, 0.3) is 0 Å². The number of rotatable bonds is 6. The van der Waals surface area contributed by atoms with Gasteiger partial charge in [0.25, 0.3) is 5.91 Å². The summed E-state index contributed by atoms with van der Waals surface area (Å²) in [4.78, 5) is 12.3. The Kier molecular flexibility index (Phi) is 7.56. The first-order valence-corrected chi connectivity index (χ1v) is 7.54. The molecular weight excluding hydrogens is 262 g/mol. The van der Waals surface area contributed by atoms with Gasteiger partial charge in [-0.25, -0.2) is 0 Å². The monoisotopic (exact) mass is 287 g/mol. The van der Waals surface area contributed by atoms with E-state index in [1.165, 1.54) is 0 Å². The van der Waals surface area contributed by atoms with Crippen molar-refractivity contribution in [2.45, 2.75) is 46.1 Å². The van der Waals surface area contributed by atoms with Crippen LogP contribution in [0, 0.1) is 17.8 Å². The number of amides is 1. The van der Waals surface area contributed by atoms with Crippen molar-refractivity contribution in [1.29, 1.82) is 0 Å². The van der Waals surface area contributed by atoms with Crippen LogP contribution in [0.15, 0.2) is 24.3 Å². The summed E-state index contributed by atoms with van der Waals surface area (Å²) in [6.45, 7) is 6.43. The topological polar surface area (TPSA) is 49.3 Å². The minimum Gasteiger partial charge on any atom is -0.395 e. The molecule has 2 N–H and O–H groups in total. The highest BCUT2D eigenvalue weighted by Crippen LogP contribution is 2.10. The molecule has 1 aromatic rings. The summed E-state index contributed by atoms with van der Waals surface area (Å²) in [5.74, 6) is 6.36. The molecule has 0 saturated heterocycles. The molecule has 1 aromatic carbocycles. The number of hydrogen-bond acceptors (Lipinski definition) is 2. The molecule has 1 unspecified atom stereocenters. The Morgan fingerprint density at radius 1 is 1.24 bits per heavy atom. The predicted molar refractivity (Wildman–Crippen MR) is 86.0 cm³/mol. The molecule has 1 rings (SSSR count). The van der Waals surface area contributed by atoms with E-state index in [4.69, 9.17) is 5.11 Å². The summed E-state index contributed by atoms with van der Waals surface area (Å²) < 4.78 is 0. The SMILES string of the molecule is CC(C)CCC(C)NC(=O)c1ccccc1C#CCCO. The van der Waals surface area contributed by atoms with Crippen molar-refractivity contribution in [2.24, 2.45) is 5.92 Å². The van der Waals surface area contributed by atoms with Gasteiger partial charge in [-0.1, -0.05) is 37.8 Å². The second kappa shape index (κ2) is 9.20. The van der Waals surface area contributed by atoms with Crippen molar-refractivity contribution in [1.82, 2.24) is 5.32 Å². The number of carbonyl (C=O) groups is 1. The van der Waals surface area contributed by atoms with Gasteiger partial charge in [-0.05, 0) is 37.8 Å². The number of aliphatic hydroxyl groups excluding tert-OH is 1. The normalized spacial score (nSPS) is 11.7. The molecule has 1 amide bonds. The van der Waals surface area contributed by atoms with Gasteiger partial charge in [0.1, 0.15) is 0 Å². The maximum absolute atomic E-state index is 12.3. The van der Waals surface area contributed by atoms with Crippen molar-refractivity contribution in [3.05, 3.63) is 35.4 Å². The number of hydrogen-bond donors (Lipinski definition) is 2. The van der Waals surface area contributed by atoms with E-state index in [0.29, 0.717) is 23.5 Å². The minimum absolute atomic E-state index is 0.0353. The Balaban J connectivity index is 2.72. The maximum atomic E-state index is 12.3. The molecule has 21 heavy (non-hydrogen) atoms. The highest BCUT2D eigenvalue weighted by Gasteiger charge is 2.12. The van der Waals surface area contributed by atoms with Crippen molar-refractivity contribution < 1.29 is 9.90 Å². The van der Waals surface area contributed by atoms with Gasteiger partial charge in [0.2, 0.25) is 0 Å². The zero-order valence-corrected chi connectivity index (χ0v) is 13.1. The van der Waals surface area contributed by atoms with E-state index >= 15 is 0 Å². The Bertz CT molecular complexity index is 511. The zero-order chi connectivity index (χ0) is 15.7. The summed E-state index contributed by atoms with van der Waals surface area (Å²) >= 11 is 0. The molecule has 0 aliphatic carbocycles. The molecular formula is C18H25NO2. The van der Waals surface area contributed by atoms with Crippen molar-refractivity contribution >= 4 is 5.91 Å².